The standard InChI is InChI=1S/C21H27NO/c1-6-9-20(10-7-2)17-23-21-13-11-19(12-14-21)16-18(4)22(5)15-8-3/h3,6-7,9-14,18H,1,15-17H2,2,4-5H3/b10-7-,20-9+. The van der Waals surface area contributed by atoms with E-state index in [1.807, 2.05) is 37.3 Å². The van der Waals surface area contributed by atoms with Crippen molar-refractivity contribution in [3.8, 4) is 18.1 Å². The maximum atomic E-state index is 5.81. The van der Waals surface area contributed by atoms with Crippen molar-refractivity contribution in [1.82, 2.24) is 4.90 Å². The average Bonchev–Trinajstić information content (AvgIpc) is 2.54. The minimum absolute atomic E-state index is 0.412. The van der Waals surface area contributed by atoms with Crippen LogP contribution in [0.5, 0.6) is 5.75 Å². The van der Waals surface area contributed by atoms with Gasteiger partial charge in [0, 0.05) is 6.04 Å². The zero-order valence-corrected chi connectivity index (χ0v) is 14.5. The molecule has 1 atom stereocenters. The topological polar surface area (TPSA) is 12.5 Å². The van der Waals surface area contributed by atoms with Crippen LogP contribution in [0.1, 0.15) is 19.4 Å². The molecular formula is C21H27NO. The summed E-state index contributed by atoms with van der Waals surface area (Å²) in [6.45, 7) is 9.11. The Bertz CT molecular complexity index is 575. The fraction of sp³-hybridized carbons (Fsp3) is 0.333. The minimum Gasteiger partial charge on any atom is -0.489 e. The Balaban J connectivity index is 2.58. The van der Waals surface area contributed by atoms with E-state index in [9.17, 15) is 0 Å². The van der Waals surface area contributed by atoms with Crippen molar-refractivity contribution >= 4 is 0 Å². The van der Waals surface area contributed by atoms with Crippen molar-refractivity contribution in [3.63, 3.8) is 0 Å². The molecule has 23 heavy (non-hydrogen) atoms. The monoisotopic (exact) mass is 309 g/mol. The first-order valence-electron chi connectivity index (χ1n) is 7.90. The number of terminal acetylenes is 1. The maximum absolute atomic E-state index is 5.81. The van der Waals surface area contributed by atoms with Gasteiger partial charge in [-0.15, -0.1) is 6.42 Å². The van der Waals surface area contributed by atoms with Crippen LogP contribution in [0.15, 0.2) is 60.7 Å². The lowest BCUT2D eigenvalue weighted by molar-refractivity contribution is 0.287. The van der Waals surface area contributed by atoms with E-state index in [-0.39, 0.29) is 0 Å². The fourth-order valence-electron chi connectivity index (χ4n) is 2.20. The quantitative estimate of drug-likeness (QED) is 0.499. The van der Waals surface area contributed by atoms with Crippen LogP contribution >= 0.6 is 0 Å². The number of benzene rings is 1. The zero-order valence-electron chi connectivity index (χ0n) is 14.5. The Kier molecular flexibility index (Phi) is 8.57. The molecule has 0 aliphatic heterocycles. The van der Waals surface area contributed by atoms with Crippen LogP contribution < -0.4 is 4.74 Å². The lowest BCUT2D eigenvalue weighted by Crippen LogP contribution is -2.31. The van der Waals surface area contributed by atoms with Gasteiger partial charge in [0.1, 0.15) is 12.4 Å². The molecule has 0 radical (unpaired) electrons. The van der Waals surface area contributed by atoms with Gasteiger partial charge in [-0.1, -0.05) is 48.9 Å². The summed E-state index contributed by atoms with van der Waals surface area (Å²) in [5.74, 6) is 3.55. The van der Waals surface area contributed by atoms with Gasteiger partial charge in [0.25, 0.3) is 0 Å². The van der Waals surface area contributed by atoms with Crippen LogP contribution in [0.4, 0.5) is 0 Å². The Labute approximate surface area is 141 Å². The molecule has 2 heteroatoms. The van der Waals surface area contributed by atoms with Crippen molar-refractivity contribution in [2.24, 2.45) is 0 Å². The lowest BCUT2D eigenvalue weighted by Gasteiger charge is -2.22. The highest BCUT2D eigenvalue weighted by molar-refractivity contribution is 5.30. The summed E-state index contributed by atoms with van der Waals surface area (Å²) in [5.41, 5.74) is 2.38. The van der Waals surface area contributed by atoms with Crippen molar-refractivity contribution in [3.05, 3.63) is 66.3 Å². The van der Waals surface area contributed by atoms with Gasteiger partial charge >= 0.3 is 0 Å². The Morgan fingerprint density at radius 3 is 2.65 bits per heavy atom. The molecule has 2 nitrogen and oxygen atoms in total. The summed E-state index contributed by atoms with van der Waals surface area (Å²) < 4.78 is 5.81. The van der Waals surface area contributed by atoms with Gasteiger partial charge in [-0.3, -0.25) is 4.90 Å². The highest BCUT2D eigenvalue weighted by Gasteiger charge is 2.08. The van der Waals surface area contributed by atoms with Crippen LogP contribution in [0.3, 0.4) is 0 Å². The molecule has 122 valence electrons. The van der Waals surface area contributed by atoms with E-state index in [1.165, 1.54) is 5.56 Å². The molecule has 0 aliphatic carbocycles. The normalized spacial score (nSPS) is 13.1. The first-order chi connectivity index (χ1) is 11.1. The van der Waals surface area contributed by atoms with Crippen LogP contribution in [0.25, 0.3) is 0 Å². The predicted molar refractivity (Wildman–Crippen MR) is 99.7 cm³/mol. The van der Waals surface area contributed by atoms with Gasteiger partial charge in [0.2, 0.25) is 0 Å². The summed E-state index contributed by atoms with van der Waals surface area (Å²) in [7, 11) is 2.05. The largest absolute Gasteiger partial charge is 0.489 e. The number of hydrogen-bond acceptors (Lipinski definition) is 2. The molecule has 1 aromatic rings. The van der Waals surface area contributed by atoms with Crippen LogP contribution in [-0.4, -0.2) is 31.1 Å². The highest BCUT2D eigenvalue weighted by atomic mass is 16.5. The van der Waals surface area contributed by atoms with Gasteiger partial charge in [0.05, 0.1) is 6.54 Å². The molecule has 0 spiro atoms. The van der Waals surface area contributed by atoms with Crippen molar-refractivity contribution in [1.29, 1.82) is 0 Å². The number of allylic oxidation sites excluding steroid dienone is 3. The van der Waals surface area contributed by atoms with Crippen molar-refractivity contribution in [2.75, 3.05) is 20.2 Å². The number of rotatable bonds is 9. The van der Waals surface area contributed by atoms with Crippen molar-refractivity contribution < 1.29 is 4.74 Å². The first kappa shape index (κ1) is 18.8. The highest BCUT2D eigenvalue weighted by Crippen LogP contribution is 2.15. The van der Waals surface area contributed by atoms with E-state index in [0.29, 0.717) is 19.2 Å². The Hall–Kier alpha value is -2.24. The smallest absolute Gasteiger partial charge is 0.119 e. The maximum Gasteiger partial charge on any atom is 0.119 e. The van der Waals surface area contributed by atoms with Gasteiger partial charge in [-0.05, 0) is 50.6 Å². The molecule has 1 rings (SSSR count). The van der Waals surface area contributed by atoms with Crippen LogP contribution in [0.2, 0.25) is 0 Å². The number of likely N-dealkylation sites (N-methyl/N-ethyl adjacent to an activating group) is 1. The third-order valence-corrected chi connectivity index (χ3v) is 3.67. The predicted octanol–water partition coefficient (Wildman–Crippen LogP) is 4.25. The van der Waals surface area contributed by atoms with Gasteiger partial charge in [0.15, 0.2) is 0 Å². The minimum atomic E-state index is 0.412. The number of ether oxygens (including phenoxy) is 1. The van der Waals surface area contributed by atoms with Gasteiger partial charge in [-0.2, -0.15) is 0 Å². The van der Waals surface area contributed by atoms with Gasteiger partial charge in [-0.25, -0.2) is 0 Å². The molecule has 0 fully saturated rings. The van der Waals surface area contributed by atoms with Crippen molar-refractivity contribution in [2.45, 2.75) is 26.3 Å². The molecule has 0 saturated carbocycles. The first-order valence-corrected chi connectivity index (χ1v) is 7.90. The van der Waals surface area contributed by atoms with E-state index in [1.54, 1.807) is 6.08 Å². The summed E-state index contributed by atoms with van der Waals surface area (Å²) in [6, 6.07) is 8.67. The molecule has 0 aliphatic rings. The molecular weight excluding hydrogens is 282 g/mol. The Morgan fingerprint density at radius 1 is 1.39 bits per heavy atom. The lowest BCUT2D eigenvalue weighted by atomic mass is 10.1. The second-order valence-electron chi connectivity index (χ2n) is 5.58. The molecule has 1 aromatic carbocycles. The summed E-state index contributed by atoms with van der Waals surface area (Å²) in [4.78, 5) is 2.17. The fourth-order valence-corrected chi connectivity index (χ4v) is 2.20. The second-order valence-corrected chi connectivity index (χ2v) is 5.58. The molecule has 0 amide bonds. The second kappa shape index (κ2) is 10.5. The van der Waals surface area contributed by atoms with E-state index >= 15 is 0 Å². The molecule has 1 unspecified atom stereocenters. The SMILES string of the molecule is C#CCN(C)C(C)Cc1ccc(OCC(/C=C\C)=C/C=C)cc1. The van der Waals surface area contributed by atoms with Crippen LogP contribution in [0, 0.1) is 12.3 Å². The third-order valence-electron chi connectivity index (χ3n) is 3.67. The van der Waals surface area contributed by atoms with E-state index < -0.39 is 0 Å². The number of hydrogen-bond donors (Lipinski definition) is 0. The molecule has 0 N–H and O–H groups in total. The molecule has 0 saturated heterocycles. The average molecular weight is 309 g/mol. The molecule has 0 bridgehead atoms. The molecule has 0 heterocycles. The summed E-state index contributed by atoms with van der Waals surface area (Å²) >= 11 is 0. The van der Waals surface area contributed by atoms with Gasteiger partial charge < -0.3 is 4.74 Å². The summed E-state index contributed by atoms with van der Waals surface area (Å²) in [6.07, 6.45) is 14.1. The number of nitrogens with zero attached hydrogens (tertiary/aromatic N) is 1. The summed E-state index contributed by atoms with van der Waals surface area (Å²) in [5, 5.41) is 0. The Morgan fingerprint density at radius 2 is 2.09 bits per heavy atom. The van der Waals surface area contributed by atoms with E-state index in [2.05, 4.69) is 43.5 Å². The molecule has 0 aromatic heterocycles. The van der Waals surface area contributed by atoms with E-state index in [0.717, 1.165) is 17.7 Å². The van der Waals surface area contributed by atoms with Crippen LogP contribution in [-0.2, 0) is 6.42 Å². The zero-order chi connectivity index (χ0) is 17.1. The van der Waals surface area contributed by atoms with E-state index in [4.69, 9.17) is 11.2 Å². The third kappa shape index (κ3) is 7.04.